The summed E-state index contributed by atoms with van der Waals surface area (Å²) in [5.41, 5.74) is 7.46. The number of H-pyrrole nitrogens is 1. The lowest BCUT2D eigenvalue weighted by atomic mass is 10.1. The molecule has 0 unspecified atom stereocenters. The van der Waals surface area contributed by atoms with Gasteiger partial charge in [0.05, 0.1) is 0 Å². The number of aromatic nitrogens is 1. The van der Waals surface area contributed by atoms with Crippen molar-refractivity contribution in [3.05, 3.63) is 101 Å². The van der Waals surface area contributed by atoms with Crippen LogP contribution in [0, 0.1) is 0 Å². The summed E-state index contributed by atoms with van der Waals surface area (Å²) in [4.78, 5) is 14.5. The first kappa shape index (κ1) is 22.6. The molecule has 1 amide bonds. The lowest BCUT2D eigenvalue weighted by molar-refractivity contribution is -0.129. The van der Waals surface area contributed by atoms with Gasteiger partial charge in [-0.3, -0.25) is 10.0 Å². The first-order valence-corrected chi connectivity index (χ1v) is 11.2. The van der Waals surface area contributed by atoms with E-state index < -0.39 is 0 Å². The third-order valence-corrected chi connectivity index (χ3v) is 5.68. The zero-order valence-corrected chi connectivity index (χ0v) is 18.5. The molecule has 4 N–H and O–H groups in total. The van der Waals surface area contributed by atoms with Gasteiger partial charge >= 0.3 is 0 Å². The summed E-state index contributed by atoms with van der Waals surface area (Å²) in [7, 11) is 0. The van der Waals surface area contributed by atoms with Crippen LogP contribution in [0.4, 0.5) is 0 Å². The van der Waals surface area contributed by atoms with Crippen LogP contribution in [0.15, 0.2) is 79.0 Å². The summed E-state index contributed by atoms with van der Waals surface area (Å²) in [5, 5.41) is 13.3. The van der Waals surface area contributed by atoms with E-state index in [1.165, 1.54) is 16.5 Å². The van der Waals surface area contributed by atoms with Gasteiger partial charge in [0, 0.05) is 30.1 Å². The lowest BCUT2D eigenvalue weighted by Crippen LogP contribution is -2.18. The van der Waals surface area contributed by atoms with Crippen LogP contribution in [0.2, 0.25) is 0 Å². The van der Waals surface area contributed by atoms with E-state index in [0.717, 1.165) is 41.9 Å². The lowest BCUT2D eigenvalue weighted by Gasteiger charge is -2.08. The number of hydrogen-bond acceptors (Lipinski definition) is 4. The van der Waals surface area contributed by atoms with Gasteiger partial charge in [0.1, 0.15) is 12.4 Å². The second-order valence-electron chi connectivity index (χ2n) is 8.07. The molecule has 0 aliphatic carbocycles. The van der Waals surface area contributed by atoms with Crippen LogP contribution in [-0.4, -0.2) is 22.6 Å². The van der Waals surface area contributed by atoms with Crippen LogP contribution in [0.5, 0.6) is 5.75 Å². The van der Waals surface area contributed by atoms with Gasteiger partial charge in [0.15, 0.2) is 0 Å². The summed E-state index contributed by atoms with van der Waals surface area (Å²) in [6.45, 7) is 2.20. The van der Waals surface area contributed by atoms with Crippen LogP contribution < -0.4 is 15.5 Å². The molecule has 6 heteroatoms. The molecular formula is C27H29N3O3. The number of nitrogens with one attached hydrogen (secondary N) is 3. The van der Waals surface area contributed by atoms with Gasteiger partial charge in [-0.1, -0.05) is 54.6 Å². The van der Waals surface area contributed by atoms with Crippen LogP contribution in [0.25, 0.3) is 10.9 Å². The number of hydroxylamine groups is 1. The number of rotatable bonds is 11. The van der Waals surface area contributed by atoms with Crippen molar-refractivity contribution in [2.24, 2.45) is 0 Å². The number of fused-ring (bicyclic) bond motifs is 1. The summed E-state index contributed by atoms with van der Waals surface area (Å²) < 4.78 is 5.99. The van der Waals surface area contributed by atoms with Crippen LogP contribution >= 0.6 is 0 Å². The standard InChI is InChI=1S/C27H29N3O3/c31-27(30-32)13-10-20-6-8-21(9-7-20)17-28-15-14-23-18-29-26-12-11-24(16-25(23)26)33-19-22-4-2-1-3-5-22/h1-9,11-12,16,18,28-29,32H,10,13-15,17,19H2,(H,30,31). The molecule has 0 spiro atoms. The third kappa shape index (κ3) is 6.44. The highest BCUT2D eigenvalue weighted by Crippen LogP contribution is 2.24. The fourth-order valence-electron chi connectivity index (χ4n) is 3.79. The first-order valence-electron chi connectivity index (χ1n) is 11.2. The number of benzene rings is 3. The molecule has 0 saturated heterocycles. The minimum atomic E-state index is -0.368. The average Bonchev–Trinajstić information content (AvgIpc) is 3.27. The Hall–Kier alpha value is -3.61. The Morgan fingerprint density at radius 2 is 1.70 bits per heavy atom. The van der Waals surface area contributed by atoms with Crippen LogP contribution in [0.1, 0.15) is 28.7 Å². The number of hydrogen-bond donors (Lipinski definition) is 4. The number of aryl methyl sites for hydroxylation is 1. The maximum atomic E-state index is 11.1. The minimum absolute atomic E-state index is 0.276. The predicted octanol–water partition coefficient (Wildman–Crippen LogP) is 4.52. The van der Waals surface area contributed by atoms with E-state index in [9.17, 15) is 4.79 Å². The first-order chi connectivity index (χ1) is 16.2. The zero-order chi connectivity index (χ0) is 22.9. The van der Waals surface area contributed by atoms with Gasteiger partial charge in [0.2, 0.25) is 5.91 Å². The van der Waals surface area contributed by atoms with E-state index in [1.807, 2.05) is 36.4 Å². The topological polar surface area (TPSA) is 86.4 Å². The molecule has 0 aliphatic rings. The van der Waals surface area contributed by atoms with Gasteiger partial charge in [-0.2, -0.15) is 0 Å². The molecule has 0 atom stereocenters. The Balaban J connectivity index is 1.26. The molecule has 0 fully saturated rings. The number of aromatic amines is 1. The highest BCUT2D eigenvalue weighted by atomic mass is 16.5. The normalized spacial score (nSPS) is 10.9. The summed E-state index contributed by atoms with van der Waals surface area (Å²) in [6, 6.07) is 24.6. The van der Waals surface area contributed by atoms with E-state index in [4.69, 9.17) is 9.94 Å². The quantitative estimate of drug-likeness (QED) is 0.156. The molecule has 0 radical (unpaired) electrons. The fourth-order valence-corrected chi connectivity index (χ4v) is 3.79. The summed E-state index contributed by atoms with van der Waals surface area (Å²) >= 11 is 0. The van der Waals surface area contributed by atoms with Crippen molar-refractivity contribution in [1.82, 2.24) is 15.8 Å². The highest BCUT2D eigenvalue weighted by Gasteiger charge is 2.06. The van der Waals surface area contributed by atoms with E-state index in [1.54, 1.807) is 5.48 Å². The van der Waals surface area contributed by atoms with Crippen molar-refractivity contribution in [2.45, 2.75) is 32.4 Å². The Kier molecular flexibility index (Phi) is 7.74. The molecular weight excluding hydrogens is 414 g/mol. The molecule has 4 rings (SSSR count). The van der Waals surface area contributed by atoms with Crippen molar-refractivity contribution in [3.8, 4) is 5.75 Å². The van der Waals surface area contributed by atoms with E-state index in [2.05, 4.69) is 52.9 Å². The summed E-state index contributed by atoms with van der Waals surface area (Å²) in [6.07, 6.45) is 3.87. The molecule has 1 heterocycles. The maximum absolute atomic E-state index is 11.1. The van der Waals surface area contributed by atoms with E-state index >= 15 is 0 Å². The van der Waals surface area contributed by atoms with Crippen LogP contribution in [-0.2, 0) is 30.8 Å². The molecule has 170 valence electrons. The van der Waals surface area contributed by atoms with E-state index in [0.29, 0.717) is 13.0 Å². The van der Waals surface area contributed by atoms with Gasteiger partial charge in [-0.05, 0) is 59.8 Å². The monoisotopic (exact) mass is 443 g/mol. The molecule has 3 aromatic carbocycles. The minimum Gasteiger partial charge on any atom is -0.489 e. The van der Waals surface area contributed by atoms with Crippen molar-refractivity contribution < 1.29 is 14.7 Å². The van der Waals surface area contributed by atoms with Gasteiger partial charge in [-0.25, -0.2) is 5.48 Å². The van der Waals surface area contributed by atoms with Crippen molar-refractivity contribution >= 4 is 16.8 Å². The molecule has 0 aliphatic heterocycles. The van der Waals surface area contributed by atoms with Gasteiger partial charge in [0.25, 0.3) is 0 Å². The molecule has 33 heavy (non-hydrogen) atoms. The number of carbonyl (C=O) groups is 1. The summed E-state index contributed by atoms with van der Waals surface area (Å²) in [5.74, 6) is 0.504. The molecule has 1 aromatic heterocycles. The molecule has 0 saturated carbocycles. The van der Waals surface area contributed by atoms with E-state index in [-0.39, 0.29) is 12.3 Å². The fraction of sp³-hybridized carbons (Fsp3) is 0.222. The molecule has 4 aromatic rings. The van der Waals surface area contributed by atoms with Crippen molar-refractivity contribution in [3.63, 3.8) is 0 Å². The Bertz CT molecular complexity index is 1170. The second kappa shape index (κ2) is 11.3. The largest absolute Gasteiger partial charge is 0.489 e. The number of amides is 1. The Morgan fingerprint density at radius 3 is 2.48 bits per heavy atom. The SMILES string of the molecule is O=C(CCc1ccc(CNCCc2c[nH]c3ccc(OCc4ccccc4)cc23)cc1)NO. The van der Waals surface area contributed by atoms with Crippen molar-refractivity contribution in [2.75, 3.05) is 6.54 Å². The van der Waals surface area contributed by atoms with Gasteiger partial charge in [-0.15, -0.1) is 0 Å². The number of ether oxygens (including phenoxy) is 1. The zero-order valence-electron chi connectivity index (χ0n) is 18.5. The number of carbonyl (C=O) groups excluding carboxylic acids is 1. The van der Waals surface area contributed by atoms with Crippen molar-refractivity contribution in [1.29, 1.82) is 0 Å². The smallest absolute Gasteiger partial charge is 0.243 e. The Morgan fingerprint density at radius 1 is 0.909 bits per heavy atom. The average molecular weight is 444 g/mol. The third-order valence-electron chi connectivity index (χ3n) is 5.68. The van der Waals surface area contributed by atoms with Gasteiger partial charge < -0.3 is 15.0 Å². The Labute approximate surface area is 193 Å². The molecule has 0 bridgehead atoms. The highest BCUT2D eigenvalue weighted by molar-refractivity contribution is 5.84. The predicted molar refractivity (Wildman–Crippen MR) is 129 cm³/mol. The molecule has 6 nitrogen and oxygen atoms in total. The maximum Gasteiger partial charge on any atom is 0.243 e. The van der Waals surface area contributed by atoms with Crippen LogP contribution in [0.3, 0.4) is 0 Å². The second-order valence-corrected chi connectivity index (χ2v) is 8.07.